The maximum absolute atomic E-state index is 10.8. The number of non-ortho nitro benzene ring substituents is 1. The van der Waals surface area contributed by atoms with E-state index in [2.05, 4.69) is 15.1 Å². The Labute approximate surface area is 174 Å². The quantitative estimate of drug-likeness (QED) is 0.380. The van der Waals surface area contributed by atoms with Gasteiger partial charge in [-0.25, -0.2) is 0 Å². The Morgan fingerprint density at radius 3 is 2.53 bits per heavy atom. The van der Waals surface area contributed by atoms with Crippen LogP contribution in [0.5, 0.6) is 11.5 Å². The lowest BCUT2D eigenvalue weighted by Crippen LogP contribution is -2.22. The zero-order chi connectivity index (χ0) is 21.7. The van der Waals surface area contributed by atoms with Gasteiger partial charge in [0.05, 0.1) is 24.7 Å². The van der Waals surface area contributed by atoms with Crippen LogP contribution < -0.4 is 9.47 Å². The molecule has 0 radical (unpaired) electrons. The summed E-state index contributed by atoms with van der Waals surface area (Å²) in [5.41, 5.74) is 1.70. The van der Waals surface area contributed by atoms with E-state index in [1.165, 1.54) is 12.1 Å². The van der Waals surface area contributed by atoms with E-state index in [1.54, 1.807) is 19.2 Å². The molecule has 0 spiro atoms. The lowest BCUT2D eigenvalue weighted by Gasteiger charge is -2.22. The molecule has 9 nitrogen and oxygen atoms in total. The first-order valence-electron chi connectivity index (χ1n) is 9.51. The van der Waals surface area contributed by atoms with Gasteiger partial charge in [-0.3, -0.25) is 15.0 Å². The summed E-state index contributed by atoms with van der Waals surface area (Å²) in [6, 6.07) is 11.7. The lowest BCUT2D eigenvalue weighted by molar-refractivity contribution is -0.384. The molecular formula is C21H24N4O5. The van der Waals surface area contributed by atoms with Gasteiger partial charge >= 0.3 is 0 Å². The standard InChI is InChI=1S/C21H24N4O5/c1-5-29-18-11-6-15(12-19(18)28-4)13-24(3)14(2)20-22-23-21(30-20)16-7-9-17(10-8-16)25(26)27/h6-12,14H,5,13H2,1-4H3. The second-order valence-electron chi connectivity index (χ2n) is 6.76. The maximum Gasteiger partial charge on any atom is 0.269 e. The molecule has 3 aromatic rings. The van der Waals surface area contributed by atoms with Gasteiger partial charge in [0, 0.05) is 24.2 Å². The van der Waals surface area contributed by atoms with Crippen molar-refractivity contribution in [2.45, 2.75) is 26.4 Å². The van der Waals surface area contributed by atoms with Crippen LogP contribution in [-0.4, -0.2) is 40.8 Å². The molecule has 1 atom stereocenters. The first kappa shape index (κ1) is 21.3. The van der Waals surface area contributed by atoms with E-state index in [1.807, 2.05) is 39.1 Å². The normalized spacial score (nSPS) is 12.0. The molecule has 1 unspecified atom stereocenters. The molecule has 9 heteroatoms. The van der Waals surface area contributed by atoms with Gasteiger partial charge in [0.15, 0.2) is 11.5 Å². The van der Waals surface area contributed by atoms with Gasteiger partial charge in [-0.15, -0.1) is 10.2 Å². The third kappa shape index (κ3) is 4.74. The third-order valence-electron chi connectivity index (χ3n) is 4.74. The number of aromatic nitrogens is 2. The van der Waals surface area contributed by atoms with E-state index in [4.69, 9.17) is 13.9 Å². The molecule has 0 bridgehead atoms. The Morgan fingerprint density at radius 2 is 1.90 bits per heavy atom. The van der Waals surface area contributed by atoms with Crippen molar-refractivity contribution in [2.75, 3.05) is 20.8 Å². The number of nitro groups is 1. The summed E-state index contributed by atoms with van der Waals surface area (Å²) in [7, 11) is 3.58. The molecule has 0 aliphatic carbocycles. The number of ether oxygens (including phenoxy) is 2. The van der Waals surface area contributed by atoms with Gasteiger partial charge in [-0.05, 0) is 50.7 Å². The molecule has 2 aromatic carbocycles. The first-order chi connectivity index (χ1) is 14.4. The van der Waals surface area contributed by atoms with Crippen molar-refractivity contribution in [3.8, 4) is 23.0 Å². The number of benzene rings is 2. The average molecular weight is 412 g/mol. The van der Waals surface area contributed by atoms with Gasteiger partial charge in [0.2, 0.25) is 11.8 Å². The summed E-state index contributed by atoms with van der Waals surface area (Å²) in [5.74, 6) is 2.18. The maximum atomic E-state index is 10.8. The van der Waals surface area contributed by atoms with E-state index in [-0.39, 0.29) is 11.7 Å². The summed E-state index contributed by atoms with van der Waals surface area (Å²) in [6.07, 6.45) is 0. The fraction of sp³-hybridized carbons (Fsp3) is 0.333. The second kappa shape index (κ2) is 9.36. The second-order valence-corrected chi connectivity index (χ2v) is 6.76. The van der Waals surface area contributed by atoms with Crippen LogP contribution in [0.15, 0.2) is 46.9 Å². The van der Waals surface area contributed by atoms with Crippen LogP contribution in [0.1, 0.15) is 31.3 Å². The highest BCUT2D eigenvalue weighted by atomic mass is 16.6. The van der Waals surface area contributed by atoms with Crippen molar-refractivity contribution in [2.24, 2.45) is 0 Å². The molecule has 0 saturated carbocycles. The number of nitrogens with zero attached hydrogens (tertiary/aromatic N) is 4. The summed E-state index contributed by atoms with van der Waals surface area (Å²) in [5, 5.41) is 19.0. The summed E-state index contributed by atoms with van der Waals surface area (Å²) in [4.78, 5) is 12.4. The summed E-state index contributed by atoms with van der Waals surface area (Å²) < 4.78 is 16.8. The summed E-state index contributed by atoms with van der Waals surface area (Å²) in [6.45, 7) is 5.11. The molecule has 0 aliphatic rings. The number of rotatable bonds is 9. The topological polar surface area (TPSA) is 104 Å². The van der Waals surface area contributed by atoms with Gasteiger partial charge in [-0.1, -0.05) is 6.07 Å². The lowest BCUT2D eigenvalue weighted by atomic mass is 10.1. The van der Waals surface area contributed by atoms with Crippen LogP contribution in [0.3, 0.4) is 0 Å². The fourth-order valence-corrected chi connectivity index (χ4v) is 2.94. The van der Waals surface area contributed by atoms with Crippen molar-refractivity contribution in [1.29, 1.82) is 0 Å². The number of nitro benzene ring substituents is 1. The zero-order valence-corrected chi connectivity index (χ0v) is 17.4. The molecule has 0 N–H and O–H groups in total. The Morgan fingerprint density at radius 1 is 1.17 bits per heavy atom. The van der Waals surface area contributed by atoms with Crippen molar-refractivity contribution in [1.82, 2.24) is 15.1 Å². The van der Waals surface area contributed by atoms with Gasteiger partial charge in [0.1, 0.15) is 0 Å². The Hall–Kier alpha value is -3.46. The first-order valence-corrected chi connectivity index (χ1v) is 9.51. The van der Waals surface area contributed by atoms with Crippen molar-refractivity contribution < 1.29 is 18.8 Å². The van der Waals surface area contributed by atoms with Gasteiger partial charge < -0.3 is 13.9 Å². The highest BCUT2D eigenvalue weighted by Crippen LogP contribution is 2.30. The third-order valence-corrected chi connectivity index (χ3v) is 4.74. The average Bonchev–Trinajstić information content (AvgIpc) is 3.24. The van der Waals surface area contributed by atoms with Crippen molar-refractivity contribution in [3.05, 3.63) is 64.0 Å². The van der Waals surface area contributed by atoms with Crippen LogP contribution in [0, 0.1) is 10.1 Å². The summed E-state index contributed by atoms with van der Waals surface area (Å²) >= 11 is 0. The van der Waals surface area contributed by atoms with Crippen LogP contribution in [0.2, 0.25) is 0 Å². The molecular weight excluding hydrogens is 388 g/mol. The molecule has 0 saturated heterocycles. The Bertz CT molecular complexity index is 1000. The van der Waals surface area contributed by atoms with Gasteiger partial charge in [-0.2, -0.15) is 0 Å². The molecule has 0 amide bonds. The SMILES string of the molecule is CCOc1ccc(CN(C)C(C)c2nnc(-c3ccc([N+](=O)[O-])cc3)o2)cc1OC. The fourth-order valence-electron chi connectivity index (χ4n) is 2.94. The molecule has 30 heavy (non-hydrogen) atoms. The monoisotopic (exact) mass is 412 g/mol. The van der Waals surface area contributed by atoms with E-state index in [9.17, 15) is 10.1 Å². The highest BCUT2D eigenvalue weighted by molar-refractivity contribution is 5.55. The van der Waals surface area contributed by atoms with Crippen molar-refractivity contribution in [3.63, 3.8) is 0 Å². The molecule has 158 valence electrons. The highest BCUT2D eigenvalue weighted by Gasteiger charge is 2.20. The van der Waals surface area contributed by atoms with E-state index in [0.29, 0.717) is 42.0 Å². The zero-order valence-electron chi connectivity index (χ0n) is 17.4. The number of hydrogen-bond acceptors (Lipinski definition) is 8. The van der Waals surface area contributed by atoms with Crippen LogP contribution in [0.25, 0.3) is 11.5 Å². The molecule has 1 aromatic heterocycles. The minimum Gasteiger partial charge on any atom is -0.493 e. The van der Waals surface area contributed by atoms with Gasteiger partial charge in [0.25, 0.3) is 5.69 Å². The predicted octanol–water partition coefficient (Wildman–Crippen LogP) is 4.25. The number of hydrogen-bond donors (Lipinski definition) is 0. The van der Waals surface area contributed by atoms with E-state index in [0.717, 1.165) is 5.56 Å². The minimum absolute atomic E-state index is 0.0115. The smallest absolute Gasteiger partial charge is 0.269 e. The van der Waals surface area contributed by atoms with Crippen molar-refractivity contribution >= 4 is 5.69 Å². The number of methoxy groups -OCH3 is 1. The van der Waals surface area contributed by atoms with Crippen LogP contribution in [-0.2, 0) is 6.54 Å². The molecule has 0 aliphatic heterocycles. The van der Waals surface area contributed by atoms with E-state index >= 15 is 0 Å². The molecule has 3 rings (SSSR count). The minimum atomic E-state index is -0.448. The Kier molecular flexibility index (Phi) is 6.63. The Balaban J connectivity index is 1.71. The van der Waals surface area contributed by atoms with E-state index < -0.39 is 4.92 Å². The molecule has 1 heterocycles. The molecule has 0 fully saturated rings. The largest absolute Gasteiger partial charge is 0.493 e. The van der Waals surface area contributed by atoms with Crippen LogP contribution >= 0.6 is 0 Å². The van der Waals surface area contributed by atoms with Crippen LogP contribution in [0.4, 0.5) is 5.69 Å². The predicted molar refractivity (Wildman–Crippen MR) is 110 cm³/mol.